The summed E-state index contributed by atoms with van der Waals surface area (Å²) in [5.41, 5.74) is 0. The summed E-state index contributed by atoms with van der Waals surface area (Å²) in [4.78, 5) is 12.6. The maximum atomic E-state index is 11.3. The van der Waals surface area contributed by atoms with Gasteiger partial charge in [-0.05, 0) is 18.4 Å². The van der Waals surface area contributed by atoms with Gasteiger partial charge in [0.25, 0.3) is 0 Å². The molecule has 3 heteroatoms. The van der Waals surface area contributed by atoms with Gasteiger partial charge in [0.2, 0.25) is 0 Å². The minimum absolute atomic E-state index is 0.0337. The number of rotatable bonds is 5. The Kier molecular flexibility index (Phi) is 4.29. The van der Waals surface area contributed by atoms with Gasteiger partial charge < -0.3 is 5.32 Å². The van der Waals surface area contributed by atoms with Crippen LogP contribution in [0.1, 0.15) is 25.6 Å². The van der Waals surface area contributed by atoms with Gasteiger partial charge in [-0.3, -0.25) is 4.79 Å². The molecule has 0 radical (unpaired) electrons. The van der Waals surface area contributed by atoms with Crippen molar-refractivity contribution in [3.05, 3.63) is 22.4 Å². The third-order valence-electron chi connectivity index (χ3n) is 2.01. The molecule has 1 atom stereocenters. The fourth-order valence-corrected chi connectivity index (χ4v) is 2.10. The number of hydrogen-bond acceptors (Lipinski definition) is 3. The zero-order valence-electron chi connectivity index (χ0n) is 8.91. The average molecular weight is 211 g/mol. The topological polar surface area (TPSA) is 29.1 Å². The molecular weight excluding hydrogens is 194 g/mol. The van der Waals surface area contributed by atoms with Crippen molar-refractivity contribution >= 4 is 17.1 Å². The zero-order chi connectivity index (χ0) is 10.6. The Balaban J connectivity index is 2.56. The quantitative estimate of drug-likeness (QED) is 0.809. The second-order valence-electron chi connectivity index (χ2n) is 3.77. The van der Waals surface area contributed by atoms with Gasteiger partial charge in [0, 0.05) is 17.3 Å². The maximum absolute atomic E-state index is 11.3. The maximum Gasteiger partial charge on any atom is 0.147 e. The highest BCUT2D eigenvalue weighted by molar-refractivity contribution is 7.09. The summed E-state index contributed by atoms with van der Waals surface area (Å²) in [6.07, 6.45) is 0.811. The highest BCUT2D eigenvalue weighted by Crippen LogP contribution is 2.11. The van der Waals surface area contributed by atoms with Crippen LogP contribution in [0, 0.1) is 0 Å². The first-order chi connectivity index (χ1) is 6.59. The van der Waals surface area contributed by atoms with Gasteiger partial charge in [0.05, 0.1) is 6.04 Å². The van der Waals surface area contributed by atoms with Crippen LogP contribution in [-0.4, -0.2) is 17.9 Å². The van der Waals surface area contributed by atoms with Crippen molar-refractivity contribution in [2.75, 3.05) is 0 Å². The van der Waals surface area contributed by atoms with E-state index in [0.717, 1.165) is 6.42 Å². The SMILES string of the molecule is CC(=O)C(Cc1cccs1)NC(C)C. The van der Waals surface area contributed by atoms with E-state index in [2.05, 4.69) is 25.2 Å². The molecule has 1 aromatic rings. The molecule has 1 rings (SSSR count). The molecule has 1 unspecified atom stereocenters. The van der Waals surface area contributed by atoms with Crippen molar-refractivity contribution in [3.63, 3.8) is 0 Å². The standard InChI is InChI=1S/C11H17NOS/c1-8(2)12-11(9(3)13)7-10-5-4-6-14-10/h4-6,8,11-12H,7H2,1-3H3. The third-order valence-corrected chi connectivity index (χ3v) is 2.91. The van der Waals surface area contributed by atoms with Gasteiger partial charge in [0.1, 0.15) is 5.78 Å². The Labute approximate surface area is 89.3 Å². The minimum Gasteiger partial charge on any atom is -0.305 e. The summed E-state index contributed by atoms with van der Waals surface area (Å²) in [6.45, 7) is 5.77. The van der Waals surface area contributed by atoms with Crippen LogP contribution in [-0.2, 0) is 11.2 Å². The highest BCUT2D eigenvalue weighted by Gasteiger charge is 2.15. The van der Waals surface area contributed by atoms with Crippen LogP contribution >= 0.6 is 11.3 Å². The molecule has 0 bridgehead atoms. The number of carbonyl (C=O) groups excluding carboxylic acids is 1. The van der Waals surface area contributed by atoms with E-state index in [1.165, 1.54) is 4.88 Å². The molecule has 0 aliphatic rings. The first kappa shape index (κ1) is 11.4. The number of nitrogens with one attached hydrogen (secondary N) is 1. The van der Waals surface area contributed by atoms with E-state index >= 15 is 0 Å². The molecule has 1 heterocycles. The van der Waals surface area contributed by atoms with Gasteiger partial charge in [-0.15, -0.1) is 11.3 Å². The molecule has 14 heavy (non-hydrogen) atoms. The van der Waals surface area contributed by atoms with E-state index in [9.17, 15) is 4.79 Å². The van der Waals surface area contributed by atoms with Crippen molar-refractivity contribution < 1.29 is 4.79 Å². The van der Waals surface area contributed by atoms with Crippen LogP contribution in [0.3, 0.4) is 0 Å². The van der Waals surface area contributed by atoms with E-state index in [1.807, 2.05) is 11.4 Å². The fourth-order valence-electron chi connectivity index (χ4n) is 1.35. The van der Waals surface area contributed by atoms with Crippen LogP contribution in [0.25, 0.3) is 0 Å². The number of Topliss-reactive ketones (excluding diaryl/α,β-unsaturated/α-hetero) is 1. The van der Waals surface area contributed by atoms with Crippen molar-refractivity contribution in [3.8, 4) is 0 Å². The smallest absolute Gasteiger partial charge is 0.147 e. The summed E-state index contributed by atoms with van der Waals surface area (Å²) in [5.74, 6) is 0.215. The van der Waals surface area contributed by atoms with Gasteiger partial charge >= 0.3 is 0 Å². The average Bonchev–Trinajstić information content (AvgIpc) is 2.54. The normalized spacial score (nSPS) is 13.1. The third kappa shape index (κ3) is 3.60. The van der Waals surface area contributed by atoms with E-state index < -0.39 is 0 Å². The van der Waals surface area contributed by atoms with Crippen LogP contribution in [0.2, 0.25) is 0 Å². The Morgan fingerprint density at radius 2 is 2.29 bits per heavy atom. The molecule has 0 spiro atoms. The van der Waals surface area contributed by atoms with E-state index in [1.54, 1.807) is 18.3 Å². The number of carbonyl (C=O) groups is 1. The monoisotopic (exact) mass is 211 g/mol. The number of thiophene rings is 1. The molecule has 0 aliphatic carbocycles. The van der Waals surface area contributed by atoms with Crippen LogP contribution in [0.4, 0.5) is 0 Å². The molecule has 0 saturated heterocycles. The highest BCUT2D eigenvalue weighted by atomic mass is 32.1. The lowest BCUT2D eigenvalue weighted by molar-refractivity contribution is -0.119. The zero-order valence-corrected chi connectivity index (χ0v) is 9.73. The second-order valence-corrected chi connectivity index (χ2v) is 4.80. The number of ketones is 1. The summed E-state index contributed by atoms with van der Waals surface area (Å²) >= 11 is 1.70. The lowest BCUT2D eigenvalue weighted by Crippen LogP contribution is -2.41. The van der Waals surface area contributed by atoms with Crippen LogP contribution in [0.5, 0.6) is 0 Å². The molecule has 0 fully saturated rings. The molecule has 2 nitrogen and oxygen atoms in total. The van der Waals surface area contributed by atoms with Crippen LogP contribution < -0.4 is 5.32 Å². The van der Waals surface area contributed by atoms with E-state index in [4.69, 9.17) is 0 Å². The van der Waals surface area contributed by atoms with Gasteiger partial charge in [-0.2, -0.15) is 0 Å². The molecule has 0 amide bonds. The van der Waals surface area contributed by atoms with Crippen molar-refractivity contribution in [2.24, 2.45) is 0 Å². The summed E-state index contributed by atoms with van der Waals surface area (Å²) in [7, 11) is 0. The van der Waals surface area contributed by atoms with Crippen molar-refractivity contribution in [2.45, 2.75) is 39.3 Å². The lowest BCUT2D eigenvalue weighted by atomic mass is 10.1. The lowest BCUT2D eigenvalue weighted by Gasteiger charge is -2.17. The first-order valence-electron chi connectivity index (χ1n) is 4.88. The summed E-state index contributed by atoms with van der Waals surface area (Å²) < 4.78 is 0. The molecule has 1 aromatic heterocycles. The second kappa shape index (κ2) is 5.27. The van der Waals surface area contributed by atoms with Gasteiger partial charge in [-0.1, -0.05) is 19.9 Å². The van der Waals surface area contributed by atoms with Crippen molar-refractivity contribution in [1.82, 2.24) is 5.32 Å². The predicted octanol–water partition coefficient (Wildman–Crippen LogP) is 2.25. The van der Waals surface area contributed by atoms with Crippen molar-refractivity contribution in [1.29, 1.82) is 0 Å². The fraction of sp³-hybridized carbons (Fsp3) is 0.545. The number of hydrogen-bond donors (Lipinski definition) is 1. The largest absolute Gasteiger partial charge is 0.305 e. The van der Waals surface area contributed by atoms with Gasteiger partial charge in [0.15, 0.2) is 0 Å². The first-order valence-corrected chi connectivity index (χ1v) is 5.76. The molecule has 1 N–H and O–H groups in total. The Hall–Kier alpha value is -0.670. The Bertz CT molecular complexity index is 279. The Morgan fingerprint density at radius 3 is 2.71 bits per heavy atom. The molecule has 0 aromatic carbocycles. The van der Waals surface area contributed by atoms with E-state index in [-0.39, 0.29) is 11.8 Å². The molecular formula is C11H17NOS. The van der Waals surface area contributed by atoms with Gasteiger partial charge in [-0.25, -0.2) is 0 Å². The van der Waals surface area contributed by atoms with Crippen LogP contribution in [0.15, 0.2) is 17.5 Å². The molecule has 0 aliphatic heterocycles. The summed E-state index contributed by atoms with van der Waals surface area (Å²) in [5, 5.41) is 5.32. The molecule has 78 valence electrons. The Morgan fingerprint density at radius 1 is 1.57 bits per heavy atom. The summed E-state index contributed by atoms with van der Waals surface area (Å²) in [6, 6.07) is 4.41. The minimum atomic E-state index is -0.0337. The predicted molar refractivity (Wildman–Crippen MR) is 60.8 cm³/mol. The molecule has 0 saturated carbocycles. The van der Waals surface area contributed by atoms with E-state index in [0.29, 0.717) is 6.04 Å².